The van der Waals surface area contributed by atoms with Gasteiger partial charge in [0, 0.05) is 11.1 Å². The monoisotopic (exact) mass is 241 g/mol. The zero-order valence-corrected chi connectivity index (χ0v) is 10.4. The van der Waals surface area contributed by atoms with Crippen molar-refractivity contribution in [3.8, 4) is 0 Å². The van der Waals surface area contributed by atoms with Gasteiger partial charge in [0.05, 0.1) is 0 Å². The molecular weight excluding hydrogens is 226 g/mol. The molecule has 0 saturated carbocycles. The lowest BCUT2D eigenvalue weighted by atomic mass is 10.0. The lowest BCUT2D eigenvalue weighted by Crippen LogP contribution is -2.34. The number of halogens is 1. The minimum absolute atomic E-state index is 0.108. The summed E-state index contributed by atoms with van der Waals surface area (Å²) in [5.74, 6) is -0.876. The minimum Gasteiger partial charge on any atom is -0.480 e. The number of carboxylic acids is 1. The molecule has 1 rings (SSSR count). The number of rotatable bonds is 4. The lowest BCUT2D eigenvalue weighted by molar-refractivity contribution is -0.139. The number of aryl methyl sites for hydroxylation is 1. The zero-order valence-electron chi connectivity index (χ0n) is 9.62. The Morgan fingerprint density at radius 2 is 2.06 bits per heavy atom. The van der Waals surface area contributed by atoms with Crippen LogP contribution >= 0.6 is 11.6 Å². The number of hydrogen-bond donors (Lipinski definition) is 2. The summed E-state index contributed by atoms with van der Waals surface area (Å²) in [4.78, 5) is 11.2. The second-order valence-electron chi connectivity index (χ2n) is 4.09. The van der Waals surface area contributed by atoms with E-state index >= 15 is 0 Å². The summed E-state index contributed by atoms with van der Waals surface area (Å²) in [6.45, 7) is 5.70. The predicted molar refractivity (Wildman–Crippen MR) is 64.8 cm³/mol. The van der Waals surface area contributed by atoms with Crippen molar-refractivity contribution in [1.29, 1.82) is 0 Å². The van der Waals surface area contributed by atoms with Crippen molar-refractivity contribution >= 4 is 17.6 Å². The Morgan fingerprint density at radius 1 is 1.44 bits per heavy atom. The standard InChI is InChI=1S/C12H16ClNO2/c1-7(2)14-11(12(15)16)10-5-4-9(13)6-8(10)3/h4-7,11,14H,1-3H3,(H,15,16). The average molecular weight is 242 g/mol. The molecule has 1 atom stereocenters. The number of nitrogens with one attached hydrogen (secondary N) is 1. The Morgan fingerprint density at radius 3 is 2.50 bits per heavy atom. The Kier molecular flexibility index (Phi) is 4.33. The largest absolute Gasteiger partial charge is 0.480 e. The summed E-state index contributed by atoms with van der Waals surface area (Å²) >= 11 is 5.84. The van der Waals surface area contributed by atoms with Gasteiger partial charge in [-0.05, 0) is 44.0 Å². The number of carbonyl (C=O) groups is 1. The van der Waals surface area contributed by atoms with Gasteiger partial charge < -0.3 is 5.11 Å². The van der Waals surface area contributed by atoms with E-state index in [0.717, 1.165) is 11.1 Å². The van der Waals surface area contributed by atoms with Crippen molar-refractivity contribution in [2.45, 2.75) is 32.9 Å². The molecular formula is C12H16ClNO2. The van der Waals surface area contributed by atoms with Gasteiger partial charge >= 0.3 is 5.97 Å². The van der Waals surface area contributed by atoms with Crippen LogP contribution in [0, 0.1) is 6.92 Å². The quantitative estimate of drug-likeness (QED) is 0.852. The highest BCUT2D eigenvalue weighted by Gasteiger charge is 2.21. The van der Waals surface area contributed by atoms with Gasteiger partial charge in [0.1, 0.15) is 6.04 Å². The molecule has 1 aromatic rings. The highest BCUT2D eigenvalue weighted by atomic mass is 35.5. The van der Waals surface area contributed by atoms with E-state index in [9.17, 15) is 9.90 Å². The Bertz CT molecular complexity index is 391. The van der Waals surface area contributed by atoms with E-state index < -0.39 is 12.0 Å². The molecule has 4 heteroatoms. The van der Waals surface area contributed by atoms with E-state index in [0.29, 0.717) is 5.02 Å². The fourth-order valence-electron chi connectivity index (χ4n) is 1.59. The molecule has 0 heterocycles. The van der Waals surface area contributed by atoms with Crippen LogP contribution in [0.4, 0.5) is 0 Å². The Balaban J connectivity index is 3.06. The Hall–Kier alpha value is -1.06. The number of benzene rings is 1. The lowest BCUT2D eigenvalue weighted by Gasteiger charge is -2.19. The molecule has 1 unspecified atom stereocenters. The third-order valence-electron chi connectivity index (χ3n) is 2.29. The van der Waals surface area contributed by atoms with E-state index in [1.807, 2.05) is 20.8 Å². The van der Waals surface area contributed by atoms with Crippen molar-refractivity contribution in [1.82, 2.24) is 5.32 Å². The molecule has 0 aliphatic rings. The topological polar surface area (TPSA) is 49.3 Å². The van der Waals surface area contributed by atoms with Gasteiger partial charge in [-0.1, -0.05) is 17.7 Å². The van der Waals surface area contributed by atoms with Crippen LogP contribution in [0.5, 0.6) is 0 Å². The second-order valence-corrected chi connectivity index (χ2v) is 4.53. The molecule has 3 nitrogen and oxygen atoms in total. The van der Waals surface area contributed by atoms with Gasteiger partial charge in [-0.25, -0.2) is 0 Å². The van der Waals surface area contributed by atoms with Crippen LogP contribution in [0.1, 0.15) is 31.0 Å². The smallest absolute Gasteiger partial charge is 0.325 e. The first-order chi connectivity index (χ1) is 7.41. The van der Waals surface area contributed by atoms with Gasteiger partial charge in [-0.15, -0.1) is 0 Å². The molecule has 88 valence electrons. The van der Waals surface area contributed by atoms with Crippen molar-refractivity contribution in [2.24, 2.45) is 0 Å². The molecule has 0 radical (unpaired) electrons. The molecule has 0 fully saturated rings. The summed E-state index contributed by atoms with van der Waals surface area (Å²) in [7, 11) is 0. The van der Waals surface area contributed by atoms with Crippen LogP contribution in [0.15, 0.2) is 18.2 Å². The van der Waals surface area contributed by atoms with Gasteiger partial charge in [-0.3, -0.25) is 10.1 Å². The number of hydrogen-bond acceptors (Lipinski definition) is 2. The SMILES string of the molecule is Cc1cc(Cl)ccc1C(NC(C)C)C(=O)O. The van der Waals surface area contributed by atoms with E-state index in [-0.39, 0.29) is 6.04 Å². The summed E-state index contributed by atoms with van der Waals surface area (Å²) in [5.41, 5.74) is 1.64. The molecule has 0 aliphatic heterocycles. The predicted octanol–water partition coefficient (Wildman–Crippen LogP) is 2.77. The van der Waals surface area contributed by atoms with Crippen LogP contribution in [0.25, 0.3) is 0 Å². The molecule has 0 spiro atoms. The molecule has 0 amide bonds. The van der Waals surface area contributed by atoms with Gasteiger partial charge in [0.2, 0.25) is 0 Å². The normalized spacial score (nSPS) is 12.8. The van der Waals surface area contributed by atoms with E-state index in [1.54, 1.807) is 18.2 Å². The highest BCUT2D eigenvalue weighted by Crippen LogP contribution is 2.22. The van der Waals surface area contributed by atoms with Crippen molar-refractivity contribution in [3.63, 3.8) is 0 Å². The van der Waals surface area contributed by atoms with Crippen LogP contribution in [0.2, 0.25) is 5.02 Å². The summed E-state index contributed by atoms with van der Waals surface area (Å²) < 4.78 is 0. The molecule has 0 aliphatic carbocycles. The molecule has 2 N–H and O–H groups in total. The van der Waals surface area contributed by atoms with Crippen LogP contribution < -0.4 is 5.32 Å². The average Bonchev–Trinajstić information content (AvgIpc) is 2.14. The molecule has 16 heavy (non-hydrogen) atoms. The molecule has 1 aromatic carbocycles. The summed E-state index contributed by atoms with van der Waals surface area (Å²) in [6.07, 6.45) is 0. The van der Waals surface area contributed by atoms with Crippen LogP contribution in [0.3, 0.4) is 0 Å². The number of carboxylic acid groups (broad SMARTS) is 1. The number of aliphatic carboxylic acids is 1. The second kappa shape index (κ2) is 5.32. The summed E-state index contributed by atoms with van der Waals surface area (Å²) in [5, 5.41) is 12.8. The molecule has 0 bridgehead atoms. The maximum absolute atomic E-state index is 11.2. The van der Waals surface area contributed by atoms with Gasteiger partial charge in [0.15, 0.2) is 0 Å². The van der Waals surface area contributed by atoms with E-state index in [2.05, 4.69) is 5.32 Å². The van der Waals surface area contributed by atoms with Gasteiger partial charge in [0.25, 0.3) is 0 Å². The van der Waals surface area contributed by atoms with Gasteiger partial charge in [-0.2, -0.15) is 0 Å². The third-order valence-corrected chi connectivity index (χ3v) is 2.52. The van der Waals surface area contributed by atoms with E-state index in [1.165, 1.54) is 0 Å². The first kappa shape index (κ1) is 13.0. The Labute approximate surface area is 100 Å². The fraction of sp³-hybridized carbons (Fsp3) is 0.417. The maximum atomic E-state index is 11.2. The minimum atomic E-state index is -0.876. The summed E-state index contributed by atoms with van der Waals surface area (Å²) in [6, 6.07) is 4.66. The maximum Gasteiger partial charge on any atom is 0.325 e. The molecule has 0 saturated heterocycles. The first-order valence-corrected chi connectivity index (χ1v) is 5.54. The molecule has 0 aromatic heterocycles. The first-order valence-electron chi connectivity index (χ1n) is 5.16. The van der Waals surface area contributed by atoms with Crippen molar-refractivity contribution < 1.29 is 9.90 Å². The van der Waals surface area contributed by atoms with Crippen LogP contribution in [-0.4, -0.2) is 17.1 Å². The highest BCUT2D eigenvalue weighted by molar-refractivity contribution is 6.30. The van der Waals surface area contributed by atoms with Crippen molar-refractivity contribution in [3.05, 3.63) is 34.3 Å². The fourth-order valence-corrected chi connectivity index (χ4v) is 1.82. The van der Waals surface area contributed by atoms with Crippen LogP contribution in [-0.2, 0) is 4.79 Å². The van der Waals surface area contributed by atoms with E-state index in [4.69, 9.17) is 11.6 Å². The third kappa shape index (κ3) is 3.22. The zero-order chi connectivity index (χ0) is 12.3. The van der Waals surface area contributed by atoms with Crippen molar-refractivity contribution in [2.75, 3.05) is 0 Å².